The Morgan fingerprint density at radius 1 is 1.05 bits per heavy atom. The van der Waals surface area contributed by atoms with E-state index >= 15 is 0 Å². The number of nitrogens with one attached hydrogen (secondary N) is 2. The molecule has 1 fully saturated rings. The van der Waals surface area contributed by atoms with Crippen molar-refractivity contribution in [2.24, 2.45) is 5.92 Å². The first-order chi connectivity index (χ1) is 18.0. The highest BCUT2D eigenvalue weighted by Gasteiger charge is 2.27. The van der Waals surface area contributed by atoms with Gasteiger partial charge in [-0.25, -0.2) is 14.8 Å². The van der Waals surface area contributed by atoms with E-state index in [2.05, 4.69) is 31.0 Å². The molecule has 4 aromatic rings. The molecule has 0 spiro atoms. The number of ether oxygens (including phenoxy) is 1. The zero-order chi connectivity index (χ0) is 25.8. The van der Waals surface area contributed by atoms with E-state index in [1.165, 1.54) is 25.1 Å². The normalized spacial score (nSPS) is 17.4. The average molecular weight is 536 g/mol. The van der Waals surface area contributed by atoms with Gasteiger partial charge in [0.15, 0.2) is 0 Å². The van der Waals surface area contributed by atoms with Crippen molar-refractivity contribution in [1.82, 2.24) is 15.0 Å². The monoisotopic (exact) mass is 535 g/mol. The summed E-state index contributed by atoms with van der Waals surface area (Å²) in [4.78, 5) is 37.1. The molecule has 0 radical (unpaired) electrons. The predicted octanol–water partition coefficient (Wildman–Crippen LogP) is 6.89. The Morgan fingerprint density at radius 3 is 2.54 bits per heavy atom. The standard InChI is InChI=1S/C27H26ClN5O3S/c1-36-23(34)10-16-2-4-17(5-3-16)22-14-37-26-24(30-15-31-25(22)26)18-6-8-20(9-7-18)32-27(35)33-21-11-19(28)12-29-13-21/h6-9,11-17H,2-5,10H2,1H3,(H2,32,33,35). The Morgan fingerprint density at radius 2 is 1.81 bits per heavy atom. The highest BCUT2D eigenvalue weighted by atomic mass is 35.5. The second-order valence-corrected chi connectivity index (χ2v) is 10.5. The van der Waals surface area contributed by atoms with Gasteiger partial charge in [0.25, 0.3) is 0 Å². The fraction of sp³-hybridized carbons (Fsp3) is 0.296. The summed E-state index contributed by atoms with van der Waals surface area (Å²) in [7, 11) is 1.45. The van der Waals surface area contributed by atoms with Crippen molar-refractivity contribution in [3.8, 4) is 11.3 Å². The molecule has 3 heterocycles. The molecule has 5 rings (SSSR count). The third-order valence-electron chi connectivity index (χ3n) is 6.73. The lowest BCUT2D eigenvalue weighted by Gasteiger charge is -2.27. The number of fused-ring (bicyclic) bond motifs is 1. The molecule has 37 heavy (non-hydrogen) atoms. The number of urea groups is 1. The molecule has 0 aliphatic heterocycles. The topological polar surface area (TPSA) is 106 Å². The Bertz CT molecular complexity index is 1420. The molecule has 10 heteroatoms. The Hall–Kier alpha value is -3.56. The van der Waals surface area contributed by atoms with Crippen molar-refractivity contribution in [3.05, 3.63) is 65.0 Å². The van der Waals surface area contributed by atoms with Gasteiger partial charge in [-0.1, -0.05) is 23.7 Å². The zero-order valence-electron chi connectivity index (χ0n) is 20.2. The SMILES string of the molecule is COC(=O)CC1CCC(c2csc3c(-c4ccc(NC(=O)Nc5cncc(Cl)c5)cc4)ncnc23)CC1. The number of anilines is 2. The van der Waals surface area contributed by atoms with Crippen LogP contribution in [0.25, 0.3) is 21.5 Å². The van der Waals surface area contributed by atoms with E-state index in [1.54, 1.807) is 23.7 Å². The van der Waals surface area contributed by atoms with Gasteiger partial charge in [-0.2, -0.15) is 0 Å². The molecule has 0 atom stereocenters. The van der Waals surface area contributed by atoms with Gasteiger partial charge >= 0.3 is 12.0 Å². The molecule has 8 nitrogen and oxygen atoms in total. The summed E-state index contributed by atoms with van der Waals surface area (Å²) in [5.41, 5.74) is 5.26. The fourth-order valence-electron chi connectivity index (χ4n) is 4.85. The van der Waals surface area contributed by atoms with E-state index < -0.39 is 0 Å². The van der Waals surface area contributed by atoms with Gasteiger partial charge in [0.1, 0.15) is 6.33 Å². The molecule has 0 saturated heterocycles. The van der Waals surface area contributed by atoms with E-state index in [0.29, 0.717) is 34.7 Å². The van der Waals surface area contributed by atoms with Crippen LogP contribution >= 0.6 is 22.9 Å². The van der Waals surface area contributed by atoms with Crippen LogP contribution in [0.3, 0.4) is 0 Å². The summed E-state index contributed by atoms with van der Waals surface area (Å²) in [5.74, 6) is 0.711. The highest BCUT2D eigenvalue weighted by Crippen LogP contribution is 2.42. The maximum Gasteiger partial charge on any atom is 0.323 e. The number of amides is 2. The molecular weight excluding hydrogens is 510 g/mol. The van der Waals surface area contributed by atoms with Crippen LogP contribution in [0, 0.1) is 5.92 Å². The quantitative estimate of drug-likeness (QED) is 0.260. The number of rotatable bonds is 6. The number of benzene rings is 1. The Kier molecular flexibility index (Phi) is 7.62. The van der Waals surface area contributed by atoms with E-state index in [0.717, 1.165) is 47.2 Å². The number of aromatic nitrogens is 3. The number of thiophene rings is 1. The lowest BCUT2D eigenvalue weighted by atomic mass is 9.78. The molecule has 1 aliphatic carbocycles. The minimum atomic E-state index is -0.384. The first-order valence-corrected chi connectivity index (χ1v) is 13.3. The summed E-state index contributed by atoms with van der Waals surface area (Å²) in [6.45, 7) is 0. The van der Waals surface area contributed by atoms with Gasteiger partial charge < -0.3 is 15.4 Å². The van der Waals surface area contributed by atoms with Gasteiger partial charge in [0, 0.05) is 23.9 Å². The molecule has 3 aromatic heterocycles. The summed E-state index contributed by atoms with van der Waals surface area (Å²) < 4.78 is 5.89. The number of nitrogens with zero attached hydrogens (tertiary/aromatic N) is 3. The van der Waals surface area contributed by atoms with Gasteiger partial charge in [-0.3, -0.25) is 9.78 Å². The summed E-state index contributed by atoms with van der Waals surface area (Å²) >= 11 is 7.58. The summed E-state index contributed by atoms with van der Waals surface area (Å²) in [6.07, 6.45) is 9.27. The van der Waals surface area contributed by atoms with Gasteiger partial charge in [-0.05, 0) is 66.7 Å². The van der Waals surface area contributed by atoms with Gasteiger partial charge in [-0.15, -0.1) is 11.3 Å². The highest BCUT2D eigenvalue weighted by molar-refractivity contribution is 7.17. The number of esters is 1. The molecule has 2 amide bonds. The number of hydrogen-bond acceptors (Lipinski definition) is 7. The van der Waals surface area contributed by atoms with Gasteiger partial charge in [0.05, 0.1) is 39.9 Å². The van der Waals surface area contributed by atoms with Crippen LogP contribution in [-0.4, -0.2) is 34.1 Å². The third-order valence-corrected chi connectivity index (χ3v) is 7.93. The van der Waals surface area contributed by atoms with E-state index in [9.17, 15) is 9.59 Å². The van der Waals surface area contributed by atoms with Crippen molar-refractivity contribution >= 4 is 56.5 Å². The van der Waals surface area contributed by atoms with Crippen LogP contribution < -0.4 is 10.6 Å². The number of carbonyl (C=O) groups is 2. The summed E-state index contributed by atoms with van der Waals surface area (Å²) in [5, 5.41) is 8.18. The van der Waals surface area contributed by atoms with Crippen LogP contribution in [0.5, 0.6) is 0 Å². The van der Waals surface area contributed by atoms with Crippen LogP contribution in [0.1, 0.15) is 43.6 Å². The van der Waals surface area contributed by atoms with Crippen LogP contribution in [0.2, 0.25) is 5.02 Å². The maximum absolute atomic E-state index is 12.3. The molecule has 1 saturated carbocycles. The van der Waals surface area contributed by atoms with E-state index in [4.69, 9.17) is 16.3 Å². The molecule has 1 aromatic carbocycles. The number of carbonyl (C=O) groups excluding carboxylic acids is 2. The molecule has 0 unspecified atom stereocenters. The predicted molar refractivity (Wildman–Crippen MR) is 146 cm³/mol. The minimum absolute atomic E-state index is 0.123. The van der Waals surface area contributed by atoms with Crippen LogP contribution in [0.15, 0.2) is 54.4 Å². The van der Waals surface area contributed by atoms with E-state index in [-0.39, 0.29) is 12.0 Å². The van der Waals surface area contributed by atoms with Gasteiger partial charge in [0.2, 0.25) is 0 Å². The van der Waals surface area contributed by atoms with Crippen LogP contribution in [-0.2, 0) is 9.53 Å². The first kappa shape index (κ1) is 25.1. The largest absolute Gasteiger partial charge is 0.469 e. The molecule has 0 bridgehead atoms. The molecule has 1 aliphatic rings. The summed E-state index contributed by atoms with van der Waals surface area (Å²) in [6, 6.07) is 8.81. The lowest BCUT2D eigenvalue weighted by Crippen LogP contribution is -2.19. The van der Waals surface area contributed by atoms with Crippen molar-refractivity contribution in [2.75, 3.05) is 17.7 Å². The zero-order valence-corrected chi connectivity index (χ0v) is 21.8. The second-order valence-electron chi connectivity index (χ2n) is 9.14. The number of methoxy groups -OCH3 is 1. The van der Waals surface area contributed by atoms with Crippen LogP contribution in [0.4, 0.5) is 16.2 Å². The second kappa shape index (κ2) is 11.2. The Labute approximate surface area is 223 Å². The van der Waals surface area contributed by atoms with Crippen molar-refractivity contribution in [2.45, 2.75) is 38.0 Å². The number of pyridine rings is 1. The first-order valence-electron chi connectivity index (χ1n) is 12.1. The number of hydrogen-bond donors (Lipinski definition) is 2. The van der Waals surface area contributed by atoms with Crippen molar-refractivity contribution < 1.29 is 14.3 Å². The Balaban J connectivity index is 1.27. The average Bonchev–Trinajstić information content (AvgIpc) is 3.34. The number of halogens is 1. The molecule has 2 N–H and O–H groups in total. The van der Waals surface area contributed by atoms with Crippen molar-refractivity contribution in [1.29, 1.82) is 0 Å². The van der Waals surface area contributed by atoms with Crippen molar-refractivity contribution in [3.63, 3.8) is 0 Å². The van der Waals surface area contributed by atoms with E-state index in [1.807, 2.05) is 24.3 Å². The molecular formula is C27H26ClN5O3S. The maximum atomic E-state index is 12.3. The fourth-order valence-corrected chi connectivity index (χ4v) is 6.13. The minimum Gasteiger partial charge on any atom is -0.469 e. The molecule has 190 valence electrons. The lowest BCUT2D eigenvalue weighted by molar-refractivity contribution is -0.142. The third kappa shape index (κ3) is 5.89. The smallest absolute Gasteiger partial charge is 0.323 e.